The normalized spacial score (nSPS) is 10.5. The first kappa shape index (κ1) is 13.4. The molecule has 106 valence electrons. The van der Waals surface area contributed by atoms with Crippen LogP contribution in [-0.4, -0.2) is 22.6 Å². The van der Waals surface area contributed by atoms with Crippen molar-refractivity contribution in [2.45, 2.75) is 0 Å². The highest BCUT2D eigenvalue weighted by Crippen LogP contribution is 2.22. The minimum Gasteiger partial charge on any atom is -0.463 e. The van der Waals surface area contributed by atoms with Crippen LogP contribution in [0.4, 0.5) is 0 Å². The third-order valence-electron chi connectivity index (χ3n) is 3.01. The van der Waals surface area contributed by atoms with E-state index in [1.165, 1.54) is 7.11 Å². The number of carbonyl (C=O) groups is 1. The van der Waals surface area contributed by atoms with Crippen molar-refractivity contribution in [1.82, 2.24) is 9.55 Å². The summed E-state index contributed by atoms with van der Waals surface area (Å²) in [4.78, 5) is 14.5. The van der Waals surface area contributed by atoms with Crippen LogP contribution in [-0.2, 0) is 4.74 Å². The number of rotatable bonds is 3. The Morgan fingerprint density at radius 1 is 1.24 bits per heavy atom. The molecule has 0 atom stereocenters. The minimum atomic E-state index is -0.512. The van der Waals surface area contributed by atoms with E-state index in [1.807, 2.05) is 41.1 Å². The standard InChI is InChI=1S/C15H12N2O3S/c1-19-14(18)13-8-7-12(20-13)11-9-17(15(21)16-11)10-5-3-2-4-6-10/h2-9H,1H3,(H,16,21). The molecule has 0 aliphatic carbocycles. The Hall–Kier alpha value is -2.60. The van der Waals surface area contributed by atoms with Crippen LogP contribution < -0.4 is 0 Å². The largest absolute Gasteiger partial charge is 0.463 e. The van der Waals surface area contributed by atoms with Crippen LogP contribution >= 0.6 is 12.2 Å². The summed E-state index contributed by atoms with van der Waals surface area (Å²) < 4.78 is 12.5. The average molecular weight is 300 g/mol. The molecule has 1 aromatic carbocycles. The van der Waals surface area contributed by atoms with Crippen LogP contribution in [0.2, 0.25) is 0 Å². The van der Waals surface area contributed by atoms with Gasteiger partial charge in [0.25, 0.3) is 0 Å². The van der Waals surface area contributed by atoms with E-state index in [9.17, 15) is 4.79 Å². The highest BCUT2D eigenvalue weighted by Gasteiger charge is 2.14. The highest BCUT2D eigenvalue weighted by atomic mass is 32.1. The number of imidazole rings is 1. The second-order valence-corrected chi connectivity index (χ2v) is 4.72. The maximum Gasteiger partial charge on any atom is 0.373 e. The number of hydrogen-bond acceptors (Lipinski definition) is 4. The lowest BCUT2D eigenvalue weighted by atomic mass is 10.3. The van der Waals surface area contributed by atoms with Crippen LogP contribution in [0.5, 0.6) is 0 Å². The number of esters is 1. The molecule has 0 radical (unpaired) electrons. The lowest BCUT2D eigenvalue weighted by Gasteiger charge is -1.99. The van der Waals surface area contributed by atoms with E-state index in [4.69, 9.17) is 16.6 Å². The molecule has 2 aromatic heterocycles. The second-order valence-electron chi connectivity index (χ2n) is 4.33. The zero-order valence-corrected chi connectivity index (χ0v) is 12.0. The van der Waals surface area contributed by atoms with Gasteiger partial charge in [0.2, 0.25) is 5.76 Å². The summed E-state index contributed by atoms with van der Waals surface area (Å²) in [6, 6.07) is 13.0. The molecule has 3 rings (SSSR count). The van der Waals surface area contributed by atoms with Crippen molar-refractivity contribution in [2.24, 2.45) is 0 Å². The molecule has 0 aliphatic heterocycles. The summed E-state index contributed by atoms with van der Waals surface area (Å²) in [6.45, 7) is 0. The zero-order chi connectivity index (χ0) is 14.8. The fraction of sp³-hybridized carbons (Fsp3) is 0.0667. The van der Waals surface area contributed by atoms with Gasteiger partial charge in [0.1, 0.15) is 5.69 Å². The number of aromatic nitrogens is 2. The molecule has 6 heteroatoms. The lowest BCUT2D eigenvalue weighted by molar-refractivity contribution is 0.0566. The summed E-state index contributed by atoms with van der Waals surface area (Å²) in [7, 11) is 1.31. The molecular weight excluding hydrogens is 288 g/mol. The van der Waals surface area contributed by atoms with Crippen molar-refractivity contribution in [2.75, 3.05) is 7.11 Å². The Kier molecular flexibility index (Phi) is 3.45. The number of hydrogen-bond donors (Lipinski definition) is 1. The van der Waals surface area contributed by atoms with Gasteiger partial charge >= 0.3 is 5.97 Å². The molecule has 3 aromatic rings. The highest BCUT2D eigenvalue weighted by molar-refractivity contribution is 7.71. The van der Waals surface area contributed by atoms with Crippen molar-refractivity contribution in [3.63, 3.8) is 0 Å². The quantitative estimate of drug-likeness (QED) is 0.593. The van der Waals surface area contributed by atoms with Crippen molar-refractivity contribution < 1.29 is 13.9 Å². The Labute approximate surface area is 125 Å². The van der Waals surface area contributed by atoms with Crippen LogP contribution in [0.15, 0.2) is 53.1 Å². The summed E-state index contributed by atoms with van der Waals surface area (Å²) in [6.07, 6.45) is 1.83. The van der Waals surface area contributed by atoms with Crippen LogP contribution in [0.3, 0.4) is 0 Å². The molecule has 0 fully saturated rings. The van der Waals surface area contributed by atoms with Gasteiger partial charge in [-0.1, -0.05) is 18.2 Å². The van der Waals surface area contributed by atoms with Crippen LogP contribution in [0.25, 0.3) is 17.1 Å². The molecule has 1 N–H and O–H groups in total. The molecule has 0 amide bonds. The number of nitrogens with zero attached hydrogens (tertiary/aromatic N) is 1. The van der Waals surface area contributed by atoms with Gasteiger partial charge in [-0.15, -0.1) is 0 Å². The smallest absolute Gasteiger partial charge is 0.373 e. The van der Waals surface area contributed by atoms with E-state index in [0.29, 0.717) is 16.2 Å². The summed E-state index contributed by atoms with van der Waals surface area (Å²) in [5, 5.41) is 0. The third-order valence-corrected chi connectivity index (χ3v) is 3.31. The van der Waals surface area contributed by atoms with Gasteiger partial charge in [-0.3, -0.25) is 4.57 Å². The van der Waals surface area contributed by atoms with Crippen molar-refractivity contribution >= 4 is 18.2 Å². The first-order valence-corrected chi connectivity index (χ1v) is 6.65. The van der Waals surface area contributed by atoms with E-state index in [-0.39, 0.29) is 5.76 Å². The number of benzene rings is 1. The fourth-order valence-corrected chi connectivity index (χ4v) is 2.26. The van der Waals surface area contributed by atoms with Gasteiger partial charge in [-0.2, -0.15) is 0 Å². The van der Waals surface area contributed by atoms with E-state index in [0.717, 1.165) is 5.69 Å². The number of carbonyl (C=O) groups excluding carboxylic acids is 1. The van der Waals surface area contributed by atoms with Gasteiger partial charge in [-0.25, -0.2) is 4.79 Å². The lowest BCUT2D eigenvalue weighted by Crippen LogP contribution is -1.98. The molecule has 0 unspecified atom stereocenters. The molecule has 0 saturated carbocycles. The van der Waals surface area contributed by atoms with Crippen molar-refractivity contribution in [3.8, 4) is 17.1 Å². The van der Waals surface area contributed by atoms with Crippen LogP contribution in [0.1, 0.15) is 10.6 Å². The number of methoxy groups -OCH3 is 1. The van der Waals surface area contributed by atoms with Crippen molar-refractivity contribution in [1.29, 1.82) is 0 Å². The monoisotopic (exact) mass is 300 g/mol. The molecule has 5 nitrogen and oxygen atoms in total. The number of para-hydroxylation sites is 1. The third kappa shape index (κ3) is 2.53. The second kappa shape index (κ2) is 5.41. The maximum absolute atomic E-state index is 11.4. The number of furan rings is 1. The van der Waals surface area contributed by atoms with E-state index in [2.05, 4.69) is 9.72 Å². The topological polar surface area (TPSA) is 60.2 Å². The number of H-pyrrole nitrogens is 1. The molecule has 21 heavy (non-hydrogen) atoms. The van der Waals surface area contributed by atoms with E-state index < -0.39 is 5.97 Å². The molecular formula is C15H12N2O3S. The SMILES string of the molecule is COC(=O)c1ccc(-c2cn(-c3ccccc3)c(=S)[nH]2)o1. The molecule has 0 spiro atoms. The van der Waals surface area contributed by atoms with Gasteiger partial charge in [0.15, 0.2) is 10.5 Å². The van der Waals surface area contributed by atoms with Crippen LogP contribution in [0, 0.1) is 4.77 Å². The van der Waals surface area contributed by atoms with E-state index >= 15 is 0 Å². The van der Waals surface area contributed by atoms with Gasteiger partial charge < -0.3 is 14.1 Å². The first-order valence-electron chi connectivity index (χ1n) is 6.24. The van der Waals surface area contributed by atoms with Gasteiger partial charge in [-0.05, 0) is 36.5 Å². The number of nitrogens with one attached hydrogen (secondary N) is 1. The van der Waals surface area contributed by atoms with E-state index in [1.54, 1.807) is 12.1 Å². The molecule has 2 heterocycles. The summed E-state index contributed by atoms with van der Waals surface area (Å²) in [5.41, 5.74) is 1.64. The van der Waals surface area contributed by atoms with Crippen molar-refractivity contribution in [3.05, 3.63) is 59.2 Å². The minimum absolute atomic E-state index is 0.152. The molecule has 0 aliphatic rings. The Bertz CT molecular complexity index is 830. The Morgan fingerprint density at radius 3 is 2.71 bits per heavy atom. The van der Waals surface area contributed by atoms with Gasteiger partial charge in [0, 0.05) is 11.9 Å². The average Bonchev–Trinajstić information content (AvgIpc) is 3.14. The summed E-state index contributed by atoms with van der Waals surface area (Å²) in [5.74, 6) is 0.165. The predicted molar refractivity (Wildman–Crippen MR) is 80.0 cm³/mol. The molecule has 0 saturated heterocycles. The summed E-state index contributed by atoms with van der Waals surface area (Å²) >= 11 is 5.31. The Balaban J connectivity index is 2.00. The predicted octanol–water partition coefficient (Wildman–Crippen LogP) is 3.58. The zero-order valence-electron chi connectivity index (χ0n) is 11.2. The fourth-order valence-electron chi connectivity index (χ4n) is 1.99. The number of ether oxygens (including phenoxy) is 1. The van der Waals surface area contributed by atoms with Gasteiger partial charge in [0.05, 0.1) is 7.11 Å². The maximum atomic E-state index is 11.4. The first-order chi connectivity index (χ1) is 10.2. The number of aromatic amines is 1. The Morgan fingerprint density at radius 2 is 2.00 bits per heavy atom. The molecule has 0 bridgehead atoms.